The summed E-state index contributed by atoms with van der Waals surface area (Å²) in [6.07, 6.45) is -5.41. The van der Waals surface area contributed by atoms with Crippen molar-refractivity contribution in [2.45, 2.75) is 32.0 Å². The van der Waals surface area contributed by atoms with Crippen molar-refractivity contribution < 1.29 is 17.6 Å². The summed E-state index contributed by atoms with van der Waals surface area (Å²) in [5.74, 6) is -0.444. The lowest BCUT2D eigenvalue weighted by Gasteiger charge is -2.16. The molecule has 0 bridgehead atoms. The largest absolute Gasteiger partial charge is 0.389 e. The fourth-order valence-electron chi connectivity index (χ4n) is 1.50. The maximum Gasteiger partial charge on any atom is 0.389 e. The Balaban J connectivity index is 0.00000256. The summed E-state index contributed by atoms with van der Waals surface area (Å²) in [5, 5.41) is 0. The average Bonchev–Trinajstić information content (AvgIpc) is 2.17. The molecule has 0 aliphatic heterocycles. The molecule has 0 amide bonds. The van der Waals surface area contributed by atoms with Gasteiger partial charge in [0.05, 0.1) is 0 Å². The molecule has 2 N–H and O–H groups in total. The van der Waals surface area contributed by atoms with E-state index in [9.17, 15) is 17.6 Å². The van der Waals surface area contributed by atoms with Crippen LogP contribution in [-0.4, -0.2) is 6.18 Å². The summed E-state index contributed by atoms with van der Waals surface area (Å²) in [6.45, 7) is 1.51. The molecule has 1 aromatic rings. The Morgan fingerprint density at radius 3 is 2.41 bits per heavy atom. The van der Waals surface area contributed by atoms with Crippen molar-refractivity contribution in [3.63, 3.8) is 0 Å². The molecule has 0 spiro atoms. The molecule has 17 heavy (non-hydrogen) atoms. The van der Waals surface area contributed by atoms with E-state index in [0.29, 0.717) is 11.1 Å². The van der Waals surface area contributed by atoms with Gasteiger partial charge in [-0.15, -0.1) is 12.4 Å². The highest BCUT2D eigenvalue weighted by atomic mass is 35.5. The summed E-state index contributed by atoms with van der Waals surface area (Å²) in [7, 11) is 0. The van der Waals surface area contributed by atoms with Gasteiger partial charge in [-0.3, -0.25) is 0 Å². The smallest absolute Gasteiger partial charge is 0.324 e. The molecular formula is C11H14ClF4N. The monoisotopic (exact) mass is 271 g/mol. The fourth-order valence-corrected chi connectivity index (χ4v) is 1.50. The first kappa shape index (κ1) is 16.2. The lowest BCUT2D eigenvalue weighted by molar-refractivity contribution is -0.136. The van der Waals surface area contributed by atoms with E-state index >= 15 is 0 Å². The van der Waals surface area contributed by atoms with Crippen molar-refractivity contribution >= 4 is 12.4 Å². The van der Waals surface area contributed by atoms with Crippen LogP contribution in [-0.2, 0) is 0 Å². The molecule has 1 atom stereocenters. The molecule has 0 saturated carbocycles. The molecule has 0 heterocycles. The standard InChI is InChI=1S/C11H13F4N.ClH/c1-7-8(3-2-4-9(7)12)10(16)5-6-11(13,14)15;/h2-4,10H,5-6,16H2,1H3;1H/t10-;/m1./s1. The first-order valence-electron chi connectivity index (χ1n) is 4.88. The van der Waals surface area contributed by atoms with E-state index in [-0.39, 0.29) is 18.8 Å². The Morgan fingerprint density at radius 2 is 1.88 bits per heavy atom. The van der Waals surface area contributed by atoms with Crippen LogP contribution in [0.1, 0.15) is 30.0 Å². The van der Waals surface area contributed by atoms with Crippen LogP contribution in [0, 0.1) is 12.7 Å². The topological polar surface area (TPSA) is 26.0 Å². The number of halogens is 5. The second kappa shape index (κ2) is 6.21. The van der Waals surface area contributed by atoms with Crippen molar-refractivity contribution in [3.05, 3.63) is 35.1 Å². The molecule has 0 saturated heterocycles. The zero-order valence-corrected chi connectivity index (χ0v) is 10.0. The Labute approximate surface area is 103 Å². The van der Waals surface area contributed by atoms with Crippen molar-refractivity contribution in [2.75, 3.05) is 0 Å². The molecule has 1 nitrogen and oxygen atoms in total. The van der Waals surface area contributed by atoms with E-state index in [1.807, 2.05) is 0 Å². The van der Waals surface area contributed by atoms with Crippen LogP contribution >= 0.6 is 12.4 Å². The maximum atomic E-state index is 13.1. The zero-order chi connectivity index (χ0) is 12.3. The first-order chi connectivity index (χ1) is 7.31. The third-order valence-electron chi connectivity index (χ3n) is 2.45. The molecular weight excluding hydrogens is 258 g/mol. The Kier molecular flexibility index (Phi) is 5.92. The quantitative estimate of drug-likeness (QED) is 0.829. The van der Waals surface area contributed by atoms with Gasteiger partial charge in [0.25, 0.3) is 0 Å². The van der Waals surface area contributed by atoms with Gasteiger partial charge >= 0.3 is 6.18 Å². The normalized spacial score (nSPS) is 13.1. The van der Waals surface area contributed by atoms with E-state index in [2.05, 4.69) is 0 Å². The van der Waals surface area contributed by atoms with Gasteiger partial charge in [-0.2, -0.15) is 13.2 Å². The molecule has 0 radical (unpaired) electrons. The SMILES string of the molecule is Cc1c(F)cccc1[C@H](N)CCC(F)(F)F.Cl. The minimum atomic E-state index is -4.22. The highest BCUT2D eigenvalue weighted by Crippen LogP contribution is 2.28. The van der Waals surface area contributed by atoms with Crippen LogP contribution in [0.5, 0.6) is 0 Å². The van der Waals surface area contributed by atoms with Gasteiger partial charge in [-0.25, -0.2) is 4.39 Å². The molecule has 0 fully saturated rings. The molecule has 1 aromatic carbocycles. The highest BCUT2D eigenvalue weighted by Gasteiger charge is 2.28. The van der Waals surface area contributed by atoms with Gasteiger partial charge in [-0.05, 0) is 30.5 Å². The number of hydrogen-bond acceptors (Lipinski definition) is 1. The minimum absolute atomic E-state index is 0. The van der Waals surface area contributed by atoms with Crippen molar-refractivity contribution in [3.8, 4) is 0 Å². The predicted molar refractivity (Wildman–Crippen MR) is 60.6 cm³/mol. The molecule has 0 aliphatic carbocycles. The lowest BCUT2D eigenvalue weighted by atomic mass is 9.98. The average molecular weight is 272 g/mol. The van der Waals surface area contributed by atoms with Gasteiger partial charge in [0.1, 0.15) is 5.82 Å². The highest BCUT2D eigenvalue weighted by molar-refractivity contribution is 5.85. The third kappa shape index (κ3) is 4.91. The fraction of sp³-hybridized carbons (Fsp3) is 0.455. The minimum Gasteiger partial charge on any atom is -0.324 e. The van der Waals surface area contributed by atoms with Gasteiger partial charge in [0, 0.05) is 12.5 Å². The number of hydrogen-bond donors (Lipinski definition) is 1. The summed E-state index contributed by atoms with van der Waals surface area (Å²) in [5.41, 5.74) is 6.36. The van der Waals surface area contributed by atoms with Crippen LogP contribution in [0.2, 0.25) is 0 Å². The van der Waals surface area contributed by atoms with Gasteiger partial charge in [-0.1, -0.05) is 12.1 Å². The Morgan fingerprint density at radius 1 is 1.29 bits per heavy atom. The van der Waals surface area contributed by atoms with Crippen LogP contribution in [0.4, 0.5) is 17.6 Å². The molecule has 6 heteroatoms. The van der Waals surface area contributed by atoms with Crippen LogP contribution in [0.15, 0.2) is 18.2 Å². The molecule has 0 unspecified atom stereocenters. The van der Waals surface area contributed by atoms with Crippen LogP contribution in [0.3, 0.4) is 0 Å². The summed E-state index contributed by atoms with van der Waals surface area (Å²) in [6, 6.07) is 3.48. The molecule has 1 rings (SSSR count). The molecule has 0 aromatic heterocycles. The van der Waals surface area contributed by atoms with E-state index in [1.54, 1.807) is 6.07 Å². The number of nitrogens with two attached hydrogens (primary N) is 1. The zero-order valence-electron chi connectivity index (χ0n) is 9.22. The maximum absolute atomic E-state index is 13.1. The summed E-state index contributed by atoms with van der Waals surface area (Å²) >= 11 is 0. The number of rotatable bonds is 3. The van der Waals surface area contributed by atoms with Crippen molar-refractivity contribution in [1.82, 2.24) is 0 Å². The van der Waals surface area contributed by atoms with E-state index in [1.165, 1.54) is 19.1 Å². The first-order valence-corrected chi connectivity index (χ1v) is 4.88. The van der Waals surface area contributed by atoms with Crippen molar-refractivity contribution in [2.24, 2.45) is 5.73 Å². The second-order valence-corrected chi connectivity index (χ2v) is 3.71. The third-order valence-corrected chi connectivity index (χ3v) is 2.45. The van der Waals surface area contributed by atoms with Crippen LogP contribution < -0.4 is 5.73 Å². The van der Waals surface area contributed by atoms with Crippen molar-refractivity contribution in [1.29, 1.82) is 0 Å². The van der Waals surface area contributed by atoms with E-state index in [0.717, 1.165) is 0 Å². The van der Waals surface area contributed by atoms with Crippen LogP contribution in [0.25, 0.3) is 0 Å². The van der Waals surface area contributed by atoms with E-state index in [4.69, 9.17) is 5.73 Å². The van der Waals surface area contributed by atoms with E-state index < -0.39 is 24.5 Å². The number of alkyl halides is 3. The summed E-state index contributed by atoms with van der Waals surface area (Å²) in [4.78, 5) is 0. The molecule has 98 valence electrons. The van der Waals surface area contributed by atoms with Gasteiger partial charge < -0.3 is 5.73 Å². The Hall–Kier alpha value is -0.810. The lowest BCUT2D eigenvalue weighted by Crippen LogP contribution is -2.17. The molecule has 0 aliphatic rings. The van der Waals surface area contributed by atoms with Gasteiger partial charge in [0.2, 0.25) is 0 Å². The second-order valence-electron chi connectivity index (χ2n) is 3.71. The number of benzene rings is 1. The Bertz CT molecular complexity index is 365. The summed E-state index contributed by atoms with van der Waals surface area (Å²) < 4.78 is 49.1. The predicted octanol–water partition coefficient (Wildman–Crippen LogP) is 3.90. The van der Waals surface area contributed by atoms with Gasteiger partial charge in [0.15, 0.2) is 0 Å².